The number of hydrogen-bond donors (Lipinski definition) is 2. The molecule has 19 heavy (non-hydrogen) atoms. The van der Waals surface area contributed by atoms with Crippen molar-refractivity contribution in [1.82, 2.24) is 10.3 Å². The van der Waals surface area contributed by atoms with Crippen LogP contribution in [-0.2, 0) is 0 Å². The topological polar surface area (TPSA) is 68.0 Å². The average molecular weight is 275 g/mol. The van der Waals surface area contributed by atoms with Crippen molar-refractivity contribution in [2.75, 3.05) is 5.73 Å². The fourth-order valence-corrected chi connectivity index (χ4v) is 2.79. The summed E-state index contributed by atoms with van der Waals surface area (Å²) >= 11 is 1.65. The largest absolute Gasteiger partial charge is 0.384 e. The van der Waals surface area contributed by atoms with Crippen LogP contribution >= 0.6 is 11.3 Å². The maximum atomic E-state index is 12.2. The molecule has 2 aromatic rings. The molecule has 100 valence electrons. The molecule has 4 nitrogen and oxygen atoms in total. The van der Waals surface area contributed by atoms with E-state index >= 15 is 0 Å². The number of rotatable bonds is 4. The molecule has 2 aromatic heterocycles. The SMILES string of the molecule is CCC(NC(=O)c1cc(C)nc(N)c1)c1cccs1. The summed E-state index contributed by atoms with van der Waals surface area (Å²) < 4.78 is 0. The lowest BCUT2D eigenvalue weighted by Crippen LogP contribution is -2.27. The van der Waals surface area contributed by atoms with Crippen LogP contribution in [0, 0.1) is 6.92 Å². The molecule has 0 radical (unpaired) electrons. The van der Waals surface area contributed by atoms with Crippen LogP contribution in [0.5, 0.6) is 0 Å². The maximum Gasteiger partial charge on any atom is 0.251 e. The Kier molecular flexibility index (Phi) is 4.16. The molecule has 1 amide bonds. The fourth-order valence-electron chi connectivity index (χ4n) is 1.93. The third-order valence-corrected chi connectivity index (χ3v) is 3.82. The number of pyridine rings is 1. The lowest BCUT2D eigenvalue weighted by molar-refractivity contribution is 0.0936. The quantitative estimate of drug-likeness (QED) is 0.901. The van der Waals surface area contributed by atoms with Gasteiger partial charge in [-0.1, -0.05) is 13.0 Å². The van der Waals surface area contributed by atoms with E-state index in [9.17, 15) is 4.79 Å². The van der Waals surface area contributed by atoms with E-state index in [-0.39, 0.29) is 11.9 Å². The minimum Gasteiger partial charge on any atom is -0.384 e. The number of carbonyl (C=O) groups excluding carboxylic acids is 1. The third-order valence-electron chi connectivity index (χ3n) is 2.84. The zero-order valence-corrected chi connectivity index (χ0v) is 11.8. The van der Waals surface area contributed by atoms with E-state index in [4.69, 9.17) is 5.73 Å². The van der Waals surface area contributed by atoms with Crippen LogP contribution in [0.4, 0.5) is 5.82 Å². The summed E-state index contributed by atoms with van der Waals surface area (Å²) in [6.07, 6.45) is 0.853. The van der Waals surface area contributed by atoms with Gasteiger partial charge in [-0.2, -0.15) is 0 Å². The van der Waals surface area contributed by atoms with Gasteiger partial charge in [-0.25, -0.2) is 4.98 Å². The number of aromatic nitrogens is 1. The molecule has 0 aliphatic carbocycles. The van der Waals surface area contributed by atoms with Crippen LogP contribution in [0.1, 0.15) is 40.3 Å². The van der Waals surface area contributed by atoms with Crippen molar-refractivity contribution in [2.24, 2.45) is 0 Å². The predicted octanol–water partition coefficient (Wildman–Crippen LogP) is 2.91. The first-order chi connectivity index (χ1) is 9.10. The van der Waals surface area contributed by atoms with E-state index < -0.39 is 0 Å². The summed E-state index contributed by atoms with van der Waals surface area (Å²) in [5.74, 6) is 0.256. The van der Waals surface area contributed by atoms with Gasteiger partial charge in [-0.15, -0.1) is 11.3 Å². The number of anilines is 1. The number of amides is 1. The summed E-state index contributed by atoms with van der Waals surface area (Å²) in [5.41, 5.74) is 6.97. The molecule has 0 aliphatic rings. The predicted molar refractivity (Wildman–Crippen MR) is 78.2 cm³/mol. The van der Waals surface area contributed by atoms with Gasteiger partial charge in [0.15, 0.2) is 0 Å². The lowest BCUT2D eigenvalue weighted by Gasteiger charge is -2.15. The molecule has 3 N–H and O–H groups in total. The van der Waals surface area contributed by atoms with Crippen LogP contribution in [0.15, 0.2) is 29.6 Å². The van der Waals surface area contributed by atoms with Crippen molar-refractivity contribution in [1.29, 1.82) is 0 Å². The molecular weight excluding hydrogens is 258 g/mol. The van der Waals surface area contributed by atoms with Crippen molar-refractivity contribution in [3.63, 3.8) is 0 Å². The highest BCUT2D eigenvalue weighted by atomic mass is 32.1. The molecule has 0 fully saturated rings. The molecule has 2 rings (SSSR count). The van der Waals surface area contributed by atoms with E-state index in [0.29, 0.717) is 11.4 Å². The zero-order chi connectivity index (χ0) is 13.8. The minimum absolute atomic E-state index is 0.0437. The Bertz CT molecular complexity index is 546. The van der Waals surface area contributed by atoms with Crippen molar-refractivity contribution in [3.8, 4) is 0 Å². The highest BCUT2D eigenvalue weighted by Gasteiger charge is 2.15. The average Bonchev–Trinajstić information content (AvgIpc) is 2.88. The highest BCUT2D eigenvalue weighted by Crippen LogP contribution is 2.22. The standard InChI is InChI=1S/C14H17N3OS/c1-3-11(12-5-4-6-19-12)17-14(18)10-7-9(2)16-13(15)8-10/h4-8,11H,3H2,1-2H3,(H2,15,16)(H,17,18). The molecule has 0 saturated carbocycles. The Morgan fingerprint density at radius 2 is 2.32 bits per heavy atom. The Labute approximate surface area is 116 Å². The van der Waals surface area contributed by atoms with Crippen LogP contribution in [-0.4, -0.2) is 10.9 Å². The molecule has 5 heteroatoms. The number of nitrogens with two attached hydrogens (primary N) is 1. The highest BCUT2D eigenvalue weighted by molar-refractivity contribution is 7.10. The first-order valence-corrected chi connectivity index (χ1v) is 7.06. The number of nitrogens with one attached hydrogen (secondary N) is 1. The van der Waals surface area contributed by atoms with Gasteiger partial charge in [0, 0.05) is 16.1 Å². The normalized spacial score (nSPS) is 12.1. The van der Waals surface area contributed by atoms with Gasteiger partial charge in [0.05, 0.1) is 6.04 Å². The van der Waals surface area contributed by atoms with Gasteiger partial charge < -0.3 is 11.1 Å². The van der Waals surface area contributed by atoms with Gasteiger partial charge in [0.25, 0.3) is 5.91 Å². The molecule has 0 spiro atoms. The molecule has 0 bridgehead atoms. The van der Waals surface area contributed by atoms with Gasteiger partial charge in [0.1, 0.15) is 5.82 Å². The number of carbonyl (C=O) groups is 1. The van der Waals surface area contributed by atoms with Gasteiger partial charge >= 0.3 is 0 Å². The molecule has 1 atom stereocenters. The second kappa shape index (κ2) is 5.84. The number of aryl methyl sites for hydroxylation is 1. The Morgan fingerprint density at radius 1 is 1.53 bits per heavy atom. The molecule has 2 heterocycles. The van der Waals surface area contributed by atoms with Crippen molar-refractivity contribution >= 4 is 23.1 Å². The summed E-state index contributed by atoms with van der Waals surface area (Å²) in [5, 5.41) is 5.04. The van der Waals surface area contributed by atoms with Crippen LogP contribution < -0.4 is 11.1 Å². The first-order valence-electron chi connectivity index (χ1n) is 6.18. The summed E-state index contributed by atoms with van der Waals surface area (Å²) in [4.78, 5) is 17.5. The third kappa shape index (κ3) is 3.32. The van der Waals surface area contributed by atoms with Gasteiger partial charge in [-0.3, -0.25) is 4.79 Å². The summed E-state index contributed by atoms with van der Waals surface area (Å²) in [7, 11) is 0. The summed E-state index contributed by atoms with van der Waals surface area (Å²) in [6.45, 7) is 3.88. The first kappa shape index (κ1) is 13.5. The number of nitrogen functional groups attached to an aromatic ring is 1. The number of thiophene rings is 1. The second-order valence-corrected chi connectivity index (χ2v) is 5.35. The molecule has 0 saturated heterocycles. The molecule has 1 unspecified atom stereocenters. The molecule has 0 aliphatic heterocycles. The van der Waals surface area contributed by atoms with Crippen molar-refractivity contribution < 1.29 is 4.79 Å². The summed E-state index contributed by atoms with van der Waals surface area (Å²) in [6, 6.07) is 7.41. The van der Waals surface area contributed by atoms with Crippen molar-refractivity contribution in [2.45, 2.75) is 26.3 Å². The van der Waals surface area contributed by atoms with Gasteiger partial charge in [0.2, 0.25) is 0 Å². The number of hydrogen-bond acceptors (Lipinski definition) is 4. The van der Waals surface area contributed by atoms with Crippen LogP contribution in [0.3, 0.4) is 0 Å². The Balaban J connectivity index is 2.15. The van der Waals surface area contributed by atoms with E-state index in [1.54, 1.807) is 23.5 Å². The minimum atomic E-state index is -0.113. The van der Waals surface area contributed by atoms with Crippen LogP contribution in [0.25, 0.3) is 0 Å². The van der Waals surface area contributed by atoms with E-state index in [1.165, 1.54) is 0 Å². The van der Waals surface area contributed by atoms with Gasteiger partial charge in [-0.05, 0) is 36.9 Å². The number of nitrogens with zero attached hydrogens (tertiary/aromatic N) is 1. The maximum absolute atomic E-state index is 12.2. The van der Waals surface area contributed by atoms with E-state index in [1.807, 2.05) is 24.4 Å². The Morgan fingerprint density at radius 3 is 2.89 bits per heavy atom. The van der Waals surface area contributed by atoms with Crippen LogP contribution in [0.2, 0.25) is 0 Å². The fraction of sp³-hybridized carbons (Fsp3) is 0.286. The Hall–Kier alpha value is -1.88. The zero-order valence-electron chi connectivity index (χ0n) is 11.0. The monoisotopic (exact) mass is 275 g/mol. The smallest absolute Gasteiger partial charge is 0.251 e. The van der Waals surface area contributed by atoms with E-state index in [0.717, 1.165) is 17.0 Å². The molecule has 0 aromatic carbocycles. The van der Waals surface area contributed by atoms with E-state index in [2.05, 4.69) is 17.2 Å². The lowest BCUT2D eigenvalue weighted by atomic mass is 10.1. The second-order valence-electron chi connectivity index (χ2n) is 4.37. The molecular formula is C14H17N3OS. The van der Waals surface area contributed by atoms with Crippen molar-refractivity contribution in [3.05, 3.63) is 45.8 Å².